The van der Waals surface area contributed by atoms with Crippen LogP contribution in [0, 0.1) is 0 Å². The van der Waals surface area contributed by atoms with E-state index in [2.05, 4.69) is 10.6 Å². The summed E-state index contributed by atoms with van der Waals surface area (Å²) in [6, 6.07) is 7.18. The van der Waals surface area contributed by atoms with Gasteiger partial charge in [-0.2, -0.15) is 0 Å². The summed E-state index contributed by atoms with van der Waals surface area (Å²) in [5.41, 5.74) is -0.335. The zero-order valence-corrected chi connectivity index (χ0v) is 13.3. The van der Waals surface area contributed by atoms with E-state index in [0.29, 0.717) is 11.5 Å². The number of para-hydroxylation sites is 2. The smallest absolute Gasteiger partial charge is 0.265 e. The normalized spacial score (nSPS) is 20.2. The van der Waals surface area contributed by atoms with E-state index < -0.39 is 12.2 Å². The van der Waals surface area contributed by atoms with Crippen LogP contribution in [0.3, 0.4) is 0 Å². The van der Waals surface area contributed by atoms with Crippen molar-refractivity contribution in [2.24, 2.45) is 0 Å². The number of hydrogen-bond donors (Lipinski definition) is 2. The van der Waals surface area contributed by atoms with Crippen molar-refractivity contribution in [1.82, 2.24) is 10.6 Å². The van der Waals surface area contributed by atoms with Crippen molar-refractivity contribution in [3.8, 4) is 11.5 Å². The van der Waals surface area contributed by atoms with Crippen LogP contribution < -0.4 is 20.1 Å². The lowest BCUT2D eigenvalue weighted by molar-refractivity contribution is -0.135. The van der Waals surface area contributed by atoms with Gasteiger partial charge in [0.1, 0.15) is 6.10 Å². The standard InChI is InChI=1S/C16H22N2O4/c1-10-14(22-12-8-6-5-7-11(12)21-10)15(20)17-9-13(19)18-16(2,3)4/h5-8,10,14H,9H2,1-4H3,(H,17,20)(H,18,19)/t10-,14+/m0/s1. The molecule has 0 bridgehead atoms. The molecule has 1 aromatic rings. The van der Waals surface area contributed by atoms with Crippen LogP contribution in [0.5, 0.6) is 11.5 Å². The third kappa shape index (κ3) is 4.13. The highest BCUT2D eigenvalue weighted by molar-refractivity contribution is 5.87. The number of nitrogens with one attached hydrogen (secondary N) is 2. The number of benzene rings is 1. The average Bonchev–Trinajstić information content (AvgIpc) is 2.42. The van der Waals surface area contributed by atoms with E-state index in [0.717, 1.165) is 0 Å². The lowest BCUT2D eigenvalue weighted by Gasteiger charge is -2.31. The monoisotopic (exact) mass is 306 g/mol. The summed E-state index contributed by atoms with van der Waals surface area (Å²) in [6.07, 6.45) is -1.21. The molecule has 0 radical (unpaired) electrons. The summed E-state index contributed by atoms with van der Waals surface area (Å²) in [5, 5.41) is 5.36. The number of hydrogen-bond acceptors (Lipinski definition) is 4. The molecule has 0 spiro atoms. The second-order valence-corrected chi connectivity index (χ2v) is 6.32. The largest absolute Gasteiger partial charge is 0.482 e. The molecule has 1 aliphatic rings. The Balaban J connectivity index is 1.92. The van der Waals surface area contributed by atoms with Crippen molar-refractivity contribution in [2.75, 3.05) is 6.54 Å². The Morgan fingerprint density at radius 1 is 1.14 bits per heavy atom. The van der Waals surface area contributed by atoms with Crippen molar-refractivity contribution in [2.45, 2.75) is 45.4 Å². The number of ether oxygens (including phenoxy) is 2. The fraction of sp³-hybridized carbons (Fsp3) is 0.500. The van der Waals surface area contributed by atoms with Crippen LogP contribution in [0.25, 0.3) is 0 Å². The van der Waals surface area contributed by atoms with Crippen LogP contribution in [-0.4, -0.2) is 36.1 Å². The van der Waals surface area contributed by atoms with Gasteiger partial charge in [0.2, 0.25) is 12.0 Å². The van der Waals surface area contributed by atoms with Crippen molar-refractivity contribution >= 4 is 11.8 Å². The van der Waals surface area contributed by atoms with Gasteiger partial charge in [0.05, 0.1) is 6.54 Å². The Morgan fingerprint density at radius 3 is 2.32 bits per heavy atom. The SMILES string of the molecule is C[C@@H]1Oc2ccccc2O[C@H]1C(=O)NCC(=O)NC(C)(C)C. The molecular formula is C16H22N2O4. The van der Waals surface area contributed by atoms with E-state index in [4.69, 9.17) is 9.47 Å². The number of carbonyl (C=O) groups is 2. The Morgan fingerprint density at radius 2 is 1.73 bits per heavy atom. The quantitative estimate of drug-likeness (QED) is 0.881. The molecule has 2 rings (SSSR count). The number of amides is 2. The molecule has 22 heavy (non-hydrogen) atoms. The second kappa shape index (κ2) is 6.25. The molecule has 2 N–H and O–H groups in total. The van der Waals surface area contributed by atoms with Crippen LogP contribution in [0.1, 0.15) is 27.7 Å². The number of carbonyl (C=O) groups excluding carboxylic acids is 2. The lowest BCUT2D eigenvalue weighted by atomic mass is 10.1. The van der Waals surface area contributed by atoms with E-state index in [1.165, 1.54) is 0 Å². The molecule has 0 unspecified atom stereocenters. The fourth-order valence-electron chi connectivity index (χ4n) is 2.14. The molecule has 6 heteroatoms. The second-order valence-electron chi connectivity index (χ2n) is 6.32. The molecule has 2 amide bonds. The zero-order valence-electron chi connectivity index (χ0n) is 13.3. The molecule has 1 aliphatic heterocycles. The predicted octanol–water partition coefficient (Wildman–Crippen LogP) is 1.25. The summed E-state index contributed by atoms with van der Waals surface area (Å²) < 4.78 is 11.3. The minimum absolute atomic E-state index is 0.0929. The van der Waals surface area contributed by atoms with E-state index in [1.807, 2.05) is 32.9 Å². The van der Waals surface area contributed by atoms with Gasteiger partial charge in [-0.3, -0.25) is 9.59 Å². The summed E-state index contributed by atoms with van der Waals surface area (Å²) >= 11 is 0. The van der Waals surface area contributed by atoms with Crippen molar-refractivity contribution in [3.63, 3.8) is 0 Å². The van der Waals surface area contributed by atoms with Gasteiger partial charge in [-0.15, -0.1) is 0 Å². The maximum Gasteiger partial charge on any atom is 0.265 e. The third-order valence-corrected chi connectivity index (χ3v) is 3.04. The lowest BCUT2D eigenvalue weighted by Crippen LogP contribution is -2.52. The summed E-state index contributed by atoms with van der Waals surface area (Å²) in [7, 11) is 0. The van der Waals surface area contributed by atoms with Gasteiger partial charge in [0.25, 0.3) is 5.91 Å². The molecule has 0 saturated carbocycles. The molecule has 1 heterocycles. The van der Waals surface area contributed by atoms with Gasteiger partial charge < -0.3 is 20.1 Å². The molecule has 1 aromatic carbocycles. The van der Waals surface area contributed by atoms with Crippen molar-refractivity contribution in [1.29, 1.82) is 0 Å². The molecule has 0 fully saturated rings. The van der Waals surface area contributed by atoms with Crippen LogP contribution in [-0.2, 0) is 9.59 Å². The summed E-state index contributed by atoms with van der Waals surface area (Å²) in [4.78, 5) is 23.9. The van der Waals surface area contributed by atoms with Crippen molar-refractivity contribution in [3.05, 3.63) is 24.3 Å². The first-order valence-electron chi connectivity index (χ1n) is 7.27. The maximum atomic E-state index is 12.2. The van der Waals surface area contributed by atoms with Crippen LogP contribution >= 0.6 is 0 Å². The number of fused-ring (bicyclic) bond motifs is 1. The Labute approximate surface area is 130 Å². The first-order valence-corrected chi connectivity index (χ1v) is 7.27. The molecule has 0 saturated heterocycles. The Bertz CT molecular complexity index is 566. The predicted molar refractivity (Wildman–Crippen MR) is 81.9 cm³/mol. The Hall–Kier alpha value is -2.24. The first-order chi connectivity index (χ1) is 10.3. The summed E-state index contributed by atoms with van der Waals surface area (Å²) in [5.74, 6) is 0.529. The van der Waals surface area contributed by atoms with Crippen LogP contribution in [0.15, 0.2) is 24.3 Å². The molecule has 2 atom stereocenters. The van der Waals surface area contributed by atoms with Crippen LogP contribution in [0.2, 0.25) is 0 Å². The summed E-state index contributed by atoms with van der Waals surface area (Å²) in [6.45, 7) is 7.30. The van der Waals surface area contributed by atoms with E-state index in [1.54, 1.807) is 19.1 Å². The first kappa shape index (κ1) is 16.1. The highest BCUT2D eigenvalue weighted by Gasteiger charge is 2.34. The van der Waals surface area contributed by atoms with Gasteiger partial charge in [0, 0.05) is 5.54 Å². The Kier molecular flexibility index (Phi) is 4.59. The average molecular weight is 306 g/mol. The topological polar surface area (TPSA) is 76.7 Å². The zero-order chi connectivity index (χ0) is 16.3. The molecule has 0 aromatic heterocycles. The van der Waals surface area contributed by atoms with Crippen LogP contribution in [0.4, 0.5) is 0 Å². The molecular weight excluding hydrogens is 284 g/mol. The molecule has 0 aliphatic carbocycles. The van der Waals surface area contributed by atoms with E-state index in [-0.39, 0.29) is 23.9 Å². The third-order valence-electron chi connectivity index (χ3n) is 3.04. The van der Waals surface area contributed by atoms with Gasteiger partial charge in [0.15, 0.2) is 11.5 Å². The number of rotatable bonds is 3. The highest BCUT2D eigenvalue weighted by atomic mass is 16.6. The minimum Gasteiger partial charge on any atom is -0.482 e. The van der Waals surface area contributed by atoms with Gasteiger partial charge in [-0.1, -0.05) is 12.1 Å². The molecule has 120 valence electrons. The van der Waals surface area contributed by atoms with Gasteiger partial charge in [-0.25, -0.2) is 0 Å². The van der Waals surface area contributed by atoms with Crippen molar-refractivity contribution < 1.29 is 19.1 Å². The fourth-order valence-corrected chi connectivity index (χ4v) is 2.14. The molecule has 6 nitrogen and oxygen atoms in total. The highest BCUT2D eigenvalue weighted by Crippen LogP contribution is 2.33. The van der Waals surface area contributed by atoms with E-state index in [9.17, 15) is 9.59 Å². The minimum atomic E-state index is -0.780. The maximum absolute atomic E-state index is 12.2. The van der Waals surface area contributed by atoms with E-state index >= 15 is 0 Å². The van der Waals surface area contributed by atoms with Gasteiger partial charge >= 0.3 is 0 Å². The van der Waals surface area contributed by atoms with Gasteiger partial charge in [-0.05, 0) is 39.8 Å².